The molecule has 0 saturated carbocycles. The highest BCUT2D eigenvalue weighted by Gasteiger charge is 2.09. The molecule has 0 aliphatic rings. The van der Waals surface area contributed by atoms with E-state index in [2.05, 4.69) is 0 Å². The summed E-state index contributed by atoms with van der Waals surface area (Å²) in [5.74, 6) is -0.371. The van der Waals surface area contributed by atoms with Gasteiger partial charge in [0.25, 0.3) is 0 Å². The van der Waals surface area contributed by atoms with Gasteiger partial charge < -0.3 is 9.47 Å². The van der Waals surface area contributed by atoms with Crippen LogP contribution >= 0.6 is 0 Å². The average molecular weight is 230 g/mol. The first kappa shape index (κ1) is 14.9. The van der Waals surface area contributed by atoms with Crippen LogP contribution in [-0.2, 0) is 19.1 Å². The van der Waals surface area contributed by atoms with E-state index < -0.39 is 0 Å². The summed E-state index contributed by atoms with van der Waals surface area (Å²) in [6.45, 7) is 5.98. The molecule has 0 aromatic heterocycles. The predicted octanol–water partition coefficient (Wildman–Crippen LogP) is 2.45. The molecule has 0 spiro atoms. The lowest BCUT2D eigenvalue weighted by molar-refractivity contribution is -0.150. The Morgan fingerprint density at radius 2 is 1.62 bits per heavy atom. The second kappa shape index (κ2) is 9.19. The van der Waals surface area contributed by atoms with Gasteiger partial charge in [-0.1, -0.05) is 13.8 Å². The van der Waals surface area contributed by atoms with Crippen molar-refractivity contribution in [1.82, 2.24) is 0 Å². The molecule has 0 aliphatic carbocycles. The Balaban J connectivity index is 3.53. The SMILES string of the molecule is CCCC(=O)OCC[C@@H](C)OC(=O)CCC. The largest absolute Gasteiger partial charge is 0.466 e. The van der Waals surface area contributed by atoms with Crippen LogP contribution in [0.2, 0.25) is 0 Å². The van der Waals surface area contributed by atoms with Crippen LogP contribution in [0.3, 0.4) is 0 Å². The molecule has 0 heterocycles. The quantitative estimate of drug-likeness (QED) is 0.601. The van der Waals surface area contributed by atoms with Crippen molar-refractivity contribution < 1.29 is 19.1 Å². The summed E-state index contributed by atoms with van der Waals surface area (Å²) in [6, 6.07) is 0. The molecule has 0 aromatic carbocycles. The fraction of sp³-hybridized carbons (Fsp3) is 0.833. The van der Waals surface area contributed by atoms with E-state index >= 15 is 0 Å². The zero-order valence-electron chi connectivity index (χ0n) is 10.5. The number of hydrogen-bond acceptors (Lipinski definition) is 4. The van der Waals surface area contributed by atoms with Crippen molar-refractivity contribution in [3.8, 4) is 0 Å². The normalized spacial score (nSPS) is 11.9. The van der Waals surface area contributed by atoms with Crippen LogP contribution in [0, 0.1) is 0 Å². The van der Waals surface area contributed by atoms with E-state index in [4.69, 9.17) is 9.47 Å². The Hall–Kier alpha value is -1.06. The molecule has 4 heteroatoms. The molecule has 0 bridgehead atoms. The molecule has 94 valence electrons. The molecular formula is C12H22O4. The Kier molecular flexibility index (Phi) is 8.58. The zero-order chi connectivity index (χ0) is 12.4. The molecule has 16 heavy (non-hydrogen) atoms. The van der Waals surface area contributed by atoms with Crippen molar-refractivity contribution in [2.75, 3.05) is 6.61 Å². The van der Waals surface area contributed by atoms with Gasteiger partial charge in [0.05, 0.1) is 6.61 Å². The highest BCUT2D eigenvalue weighted by Crippen LogP contribution is 2.02. The second-order valence-electron chi connectivity index (χ2n) is 3.81. The Labute approximate surface area is 97.3 Å². The first-order valence-corrected chi connectivity index (χ1v) is 5.95. The lowest BCUT2D eigenvalue weighted by atomic mass is 10.3. The van der Waals surface area contributed by atoms with Crippen LogP contribution in [0.25, 0.3) is 0 Å². The van der Waals surface area contributed by atoms with Gasteiger partial charge in [0.15, 0.2) is 0 Å². The summed E-state index contributed by atoms with van der Waals surface area (Å²) < 4.78 is 10.1. The minimum atomic E-state index is -0.187. The number of carbonyl (C=O) groups excluding carboxylic acids is 2. The van der Waals surface area contributed by atoms with Crippen LogP contribution in [-0.4, -0.2) is 24.6 Å². The molecule has 4 nitrogen and oxygen atoms in total. The number of ether oxygens (including phenoxy) is 2. The van der Waals surface area contributed by atoms with E-state index in [1.54, 1.807) is 6.92 Å². The molecule has 1 atom stereocenters. The van der Waals surface area contributed by atoms with Gasteiger partial charge in [0.1, 0.15) is 6.10 Å². The maximum atomic E-state index is 11.1. The molecule has 0 radical (unpaired) electrons. The molecule has 0 unspecified atom stereocenters. The van der Waals surface area contributed by atoms with Gasteiger partial charge >= 0.3 is 11.9 Å². The Bertz CT molecular complexity index is 213. The molecule has 0 amide bonds. The molecular weight excluding hydrogens is 208 g/mol. The van der Waals surface area contributed by atoms with Crippen LogP contribution in [0.1, 0.15) is 52.9 Å². The van der Waals surface area contributed by atoms with Crippen molar-refractivity contribution in [3.63, 3.8) is 0 Å². The Morgan fingerprint density at radius 1 is 1.06 bits per heavy atom. The van der Waals surface area contributed by atoms with Gasteiger partial charge in [0.2, 0.25) is 0 Å². The van der Waals surface area contributed by atoms with Crippen LogP contribution in [0.15, 0.2) is 0 Å². The van der Waals surface area contributed by atoms with Crippen LogP contribution in [0.5, 0.6) is 0 Å². The average Bonchev–Trinajstić information content (AvgIpc) is 2.18. The molecule has 0 rings (SSSR count). The number of esters is 2. The third kappa shape index (κ3) is 8.26. The monoisotopic (exact) mass is 230 g/mol. The van der Waals surface area contributed by atoms with E-state index in [0.717, 1.165) is 12.8 Å². The lowest BCUT2D eigenvalue weighted by Crippen LogP contribution is -2.17. The predicted molar refractivity (Wildman–Crippen MR) is 60.9 cm³/mol. The van der Waals surface area contributed by atoms with Crippen molar-refractivity contribution in [3.05, 3.63) is 0 Å². The van der Waals surface area contributed by atoms with E-state index in [1.165, 1.54) is 0 Å². The van der Waals surface area contributed by atoms with Gasteiger partial charge in [-0.25, -0.2) is 0 Å². The fourth-order valence-corrected chi connectivity index (χ4v) is 1.16. The highest BCUT2D eigenvalue weighted by atomic mass is 16.6. The summed E-state index contributed by atoms with van der Waals surface area (Å²) in [4.78, 5) is 22.1. The van der Waals surface area contributed by atoms with E-state index in [0.29, 0.717) is 25.9 Å². The second-order valence-corrected chi connectivity index (χ2v) is 3.81. The smallest absolute Gasteiger partial charge is 0.306 e. The Morgan fingerprint density at radius 3 is 2.19 bits per heavy atom. The first-order valence-electron chi connectivity index (χ1n) is 5.95. The van der Waals surface area contributed by atoms with E-state index in [9.17, 15) is 9.59 Å². The summed E-state index contributed by atoms with van der Waals surface area (Å²) >= 11 is 0. The standard InChI is InChI=1S/C12H22O4/c1-4-6-11(13)15-9-8-10(3)16-12(14)7-5-2/h10H,4-9H2,1-3H3/t10-/m1/s1. The molecule has 0 aromatic rings. The zero-order valence-corrected chi connectivity index (χ0v) is 10.5. The number of rotatable bonds is 8. The maximum absolute atomic E-state index is 11.1. The van der Waals surface area contributed by atoms with Gasteiger partial charge in [-0.2, -0.15) is 0 Å². The maximum Gasteiger partial charge on any atom is 0.306 e. The summed E-state index contributed by atoms with van der Waals surface area (Å²) in [5.41, 5.74) is 0. The lowest BCUT2D eigenvalue weighted by Gasteiger charge is -2.12. The van der Waals surface area contributed by atoms with Crippen molar-refractivity contribution in [1.29, 1.82) is 0 Å². The molecule has 0 fully saturated rings. The topological polar surface area (TPSA) is 52.6 Å². The fourth-order valence-electron chi connectivity index (χ4n) is 1.16. The highest BCUT2D eigenvalue weighted by molar-refractivity contribution is 5.69. The summed E-state index contributed by atoms with van der Waals surface area (Å²) in [5, 5.41) is 0. The third-order valence-corrected chi connectivity index (χ3v) is 2.03. The van der Waals surface area contributed by atoms with Crippen LogP contribution in [0.4, 0.5) is 0 Å². The summed E-state index contributed by atoms with van der Waals surface area (Å²) in [6.07, 6.45) is 2.85. The first-order chi connectivity index (χ1) is 7.60. The van der Waals surface area contributed by atoms with Gasteiger partial charge in [0, 0.05) is 19.3 Å². The van der Waals surface area contributed by atoms with E-state index in [1.807, 2.05) is 13.8 Å². The van der Waals surface area contributed by atoms with Crippen molar-refractivity contribution in [2.24, 2.45) is 0 Å². The van der Waals surface area contributed by atoms with Crippen molar-refractivity contribution >= 4 is 11.9 Å². The number of carbonyl (C=O) groups is 2. The molecule has 0 N–H and O–H groups in total. The van der Waals surface area contributed by atoms with E-state index in [-0.39, 0.29) is 18.0 Å². The van der Waals surface area contributed by atoms with Crippen molar-refractivity contribution in [2.45, 2.75) is 59.0 Å². The van der Waals surface area contributed by atoms with Gasteiger partial charge in [-0.05, 0) is 19.8 Å². The van der Waals surface area contributed by atoms with Crippen LogP contribution < -0.4 is 0 Å². The minimum Gasteiger partial charge on any atom is -0.466 e. The van der Waals surface area contributed by atoms with Gasteiger partial charge in [-0.15, -0.1) is 0 Å². The third-order valence-electron chi connectivity index (χ3n) is 2.03. The number of hydrogen-bond donors (Lipinski definition) is 0. The minimum absolute atomic E-state index is 0.185. The molecule has 0 aliphatic heterocycles. The molecule has 0 saturated heterocycles. The summed E-state index contributed by atoms with van der Waals surface area (Å²) in [7, 11) is 0. The van der Waals surface area contributed by atoms with Gasteiger partial charge in [-0.3, -0.25) is 9.59 Å².